The normalized spacial score (nSPS) is 12.9. The highest BCUT2D eigenvalue weighted by Crippen LogP contribution is 1.92. The van der Waals surface area contributed by atoms with Gasteiger partial charge in [-0.25, -0.2) is 4.79 Å². The van der Waals surface area contributed by atoms with Crippen molar-refractivity contribution in [2.24, 2.45) is 0 Å². The Morgan fingerprint density at radius 1 is 1.75 bits per heavy atom. The largest absolute Gasteiger partial charge is 0.370 e. The maximum atomic E-state index is 10.3. The molecule has 0 bridgehead atoms. The highest BCUT2D eigenvalue weighted by atomic mass is 35.5. The molecule has 3 nitrogen and oxygen atoms in total. The lowest BCUT2D eigenvalue weighted by atomic mass is 10.4. The Kier molecular flexibility index (Phi) is 3.56. The molecule has 0 aromatic rings. The zero-order chi connectivity index (χ0) is 6.57. The number of hydrogen-bond donors (Lipinski definition) is 0. The zero-order valence-corrected chi connectivity index (χ0v) is 5.44. The Bertz CT molecular complexity index is 83.4. The molecular weight excluding hydrogens is 131 g/mol. The summed E-state index contributed by atoms with van der Waals surface area (Å²) in [6.07, 6.45) is -0.576. The molecule has 0 heterocycles. The first-order valence-electron chi connectivity index (χ1n) is 2.07. The summed E-state index contributed by atoms with van der Waals surface area (Å²) in [5.74, 6) is -0.575. The van der Waals surface area contributed by atoms with Crippen molar-refractivity contribution in [3.05, 3.63) is 0 Å². The van der Waals surface area contributed by atoms with E-state index in [0.29, 0.717) is 0 Å². The molecule has 0 spiro atoms. The van der Waals surface area contributed by atoms with Crippen molar-refractivity contribution in [2.75, 3.05) is 7.11 Å². The van der Waals surface area contributed by atoms with Crippen LogP contribution in [0.3, 0.4) is 0 Å². The molecule has 0 rings (SSSR count). The predicted molar refractivity (Wildman–Crippen MR) is 28.4 cm³/mol. The van der Waals surface area contributed by atoms with Crippen LogP contribution in [0.5, 0.6) is 0 Å². The number of rotatable bonds is 2. The molecule has 8 heavy (non-hydrogen) atoms. The summed E-state index contributed by atoms with van der Waals surface area (Å²) in [7, 11) is 1.40. The van der Waals surface area contributed by atoms with Crippen molar-refractivity contribution in [1.29, 1.82) is 0 Å². The van der Waals surface area contributed by atoms with Gasteiger partial charge >= 0.3 is 5.97 Å². The molecule has 4 heteroatoms. The van der Waals surface area contributed by atoms with E-state index in [0.717, 1.165) is 0 Å². The Balaban J connectivity index is 3.46. The fraction of sp³-hybridized carbons (Fsp3) is 0.750. The Morgan fingerprint density at radius 2 is 2.25 bits per heavy atom. The van der Waals surface area contributed by atoms with Gasteiger partial charge in [0.1, 0.15) is 11.9 Å². The smallest absolute Gasteiger partial charge is 0.353 e. The molecule has 0 saturated carbocycles. The first-order valence-corrected chi connectivity index (χ1v) is 2.38. The lowest BCUT2D eigenvalue weighted by Gasteiger charge is -2.01. The van der Waals surface area contributed by atoms with E-state index in [-0.39, 0.29) is 0 Å². The van der Waals surface area contributed by atoms with Gasteiger partial charge < -0.3 is 9.03 Å². The van der Waals surface area contributed by atoms with Crippen molar-refractivity contribution >= 4 is 17.8 Å². The fourth-order valence-electron chi connectivity index (χ4n) is 0.159. The molecule has 1 atom stereocenters. The van der Waals surface area contributed by atoms with Crippen LogP contribution in [0.15, 0.2) is 0 Å². The van der Waals surface area contributed by atoms with Crippen molar-refractivity contribution in [3.63, 3.8) is 0 Å². The monoisotopic (exact) mass is 138 g/mol. The molecule has 1 unspecified atom stereocenters. The summed E-state index contributed by atoms with van der Waals surface area (Å²) >= 11 is 4.70. The van der Waals surface area contributed by atoms with Gasteiger partial charge in [-0.15, -0.1) is 0 Å². The van der Waals surface area contributed by atoms with Gasteiger partial charge in [0, 0.05) is 7.11 Å². The molecule has 0 amide bonds. The van der Waals surface area contributed by atoms with Crippen LogP contribution in [0.25, 0.3) is 0 Å². The molecule has 0 fully saturated rings. The highest BCUT2D eigenvalue weighted by molar-refractivity contribution is 6.13. The summed E-state index contributed by atoms with van der Waals surface area (Å²) in [6, 6.07) is 0. The average molecular weight is 139 g/mol. The van der Waals surface area contributed by atoms with Crippen molar-refractivity contribution in [3.8, 4) is 0 Å². The SMILES string of the molecule is COC(C)C(=O)OCl. The number of carbonyl (C=O) groups excluding carboxylic acids is 1. The molecule has 0 aliphatic heterocycles. The van der Waals surface area contributed by atoms with E-state index in [9.17, 15) is 4.79 Å². The minimum atomic E-state index is -0.576. The van der Waals surface area contributed by atoms with E-state index in [2.05, 4.69) is 9.03 Å². The number of halogens is 1. The quantitative estimate of drug-likeness (QED) is 0.564. The maximum absolute atomic E-state index is 10.3. The van der Waals surface area contributed by atoms with E-state index in [4.69, 9.17) is 11.9 Å². The van der Waals surface area contributed by atoms with Gasteiger partial charge in [0.05, 0.1) is 0 Å². The summed E-state index contributed by atoms with van der Waals surface area (Å²) in [4.78, 5) is 10.3. The molecule has 0 aliphatic carbocycles. The molecule has 0 N–H and O–H groups in total. The van der Waals surface area contributed by atoms with E-state index >= 15 is 0 Å². The van der Waals surface area contributed by atoms with E-state index in [1.54, 1.807) is 6.92 Å². The maximum Gasteiger partial charge on any atom is 0.353 e. The van der Waals surface area contributed by atoms with Crippen molar-refractivity contribution < 1.29 is 13.8 Å². The Labute approximate surface area is 52.7 Å². The molecular formula is C4H7ClO3. The lowest BCUT2D eigenvalue weighted by Crippen LogP contribution is -2.18. The topological polar surface area (TPSA) is 35.5 Å². The van der Waals surface area contributed by atoms with E-state index in [1.807, 2.05) is 0 Å². The third-order valence-corrected chi connectivity index (χ3v) is 0.914. The highest BCUT2D eigenvalue weighted by Gasteiger charge is 2.11. The van der Waals surface area contributed by atoms with Crippen LogP contribution in [0.1, 0.15) is 6.92 Å². The summed E-state index contributed by atoms with van der Waals surface area (Å²) in [5.41, 5.74) is 0. The number of carbonyl (C=O) groups is 1. The molecule has 0 aliphatic rings. The first kappa shape index (κ1) is 7.72. The average Bonchev–Trinajstić information content (AvgIpc) is 1.84. The van der Waals surface area contributed by atoms with Crippen molar-refractivity contribution in [2.45, 2.75) is 13.0 Å². The lowest BCUT2D eigenvalue weighted by molar-refractivity contribution is -0.143. The molecule has 0 saturated heterocycles. The standard InChI is InChI=1S/C4H7ClO3/c1-3(7-2)4(6)8-5/h3H,1-2H3. The van der Waals surface area contributed by atoms with Gasteiger partial charge in [-0.3, -0.25) is 0 Å². The van der Waals surface area contributed by atoms with E-state index < -0.39 is 12.1 Å². The van der Waals surface area contributed by atoms with Gasteiger partial charge in [-0.2, -0.15) is 0 Å². The van der Waals surface area contributed by atoms with Gasteiger partial charge in [0.15, 0.2) is 6.10 Å². The Morgan fingerprint density at radius 3 is 2.38 bits per heavy atom. The van der Waals surface area contributed by atoms with E-state index in [1.165, 1.54) is 7.11 Å². The molecule has 0 aromatic heterocycles. The second-order valence-electron chi connectivity index (χ2n) is 1.27. The second-order valence-corrected chi connectivity index (χ2v) is 1.43. The van der Waals surface area contributed by atoms with Crippen molar-refractivity contribution in [1.82, 2.24) is 0 Å². The van der Waals surface area contributed by atoms with Gasteiger partial charge in [0.25, 0.3) is 0 Å². The third-order valence-electron chi connectivity index (χ3n) is 0.762. The number of methoxy groups -OCH3 is 1. The minimum Gasteiger partial charge on any atom is -0.370 e. The minimum absolute atomic E-state index is 0.575. The van der Waals surface area contributed by atoms with Crippen LogP contribution in [-0.2, 0) is 13.8 Å². The number of hydrogen-bond acceptors (Lipinski definition) is 3. The second kappa shape index (κ2) is 3.69. The van der Waals surface area contributed by atoms with Crippen LogP contribution in [-0.4, -0.2) is 19.2 Å². The van der Waals surface area contributed by atoms with Crippen LogP contribution < -0.4 is 0 Å². The third kappa shape index (κ3) is 2.14. The fourth-order valence-corrected chi connectivity index (χ4v) is 0.284. The summed E-state index contributed by atoms with van der Waals surface area (Å²) in [5, 5.41) is 0. The molecule has 48 valence electrons. The van der Waals surface area contributed by atoms with Gasteiger partial charge in [0.2, 0.25) is 0 Å². The predicted octanol–water partition coefficient (Wildman–Crippen LogP) is 0.718. The first-order chi connectivity index (χ1) is 3.72. The van der Waals surface area contributed by atoms with Crippen LogP contribution >= 0.6 is 11.9 Å². The zero-order valence-electron chi connectivity index (χ0n) is 4.68. The molecule has 0 radical (unpaired) electrons. The van der Waals surface area contributed by atoms with Crippen LogP contribution in [0.2, 0.25) is 0 Å². The summed E-state index contributed by atoms with van der Waals surface area (Å²) in [6.45, 7) is 1.55. The van der Waals surface area contributed by atoms with Crippen LogP contribution in [0.4, 0.5) is 0 Å². The van der Waals surface area contributed by atoms with Crippen LogP contribution in [0, 0.1) is 0 Å². The number of ether oxygens (including phenoxy) is 1. The Hall–Kier alpha value is -0.280. The van der Waals surface area contributed by atoms with Gasteiger partial charge in [-0.05, 0) is 6.92 Å². The van der Waals surface area contributed by atoms with Gasteiger partial charge in [-0.1, -0.05) is 0 Å². The summed E-state index contributed by atoms with van der Waals surface area (Å²) < 4.78 is 8.36. The molecule has 0 aromatic carbocycles.